The summed E-state index contributed by atoms with van der Waals surface area (Å²) in [4.78, 5) is 32.9. The number of hydrogen-bond acceptors (Lipinski definition) is 7. The number of hydrogen-bond donors (Lipinski definition) is 1. The fourth-order valence-electron chi connectivity index (χ4n) is 4.79. The van der Waals surface area contributed by atoms with Gasteiger partial charge in [0.2, 0.25) is 0 Å². The summed E-state index contributed by atoms with van der Waals surface area (Å²) in [6.07, 6.45) is -5.34. The van der Waals surface area contributed by atoms with E-state index < -0.39 is 24.1 Å². The second-order valence-electron chi connectivity index (χ2n) is 9.17. The lowest BCUT2D eigenvalue weighted by atomic mass is 10.0. The van der Waals surface area contributed by atoms with Crippen molar-refractivity contribution in [3.05, 3.63) is 58.6 Å². The third-order valence-electron chi connectivity index (χ3n) is 6.48. The number of halogens is 4. The third kappa shape index (κ3) is 5.37. The third-order valence-corrected chi connectivity index (χ3v) is 6.48. The molecule has 1 fully saturated rings. The second kappa shape index (κ2) is 10.1. The summed E-state index contributed by atoms with van der Waals surface area (Å²) in [5.41, 5.74) is 1.49. The predicted octanol–water partition coefficient (Wildman–Crippen LogP) is 4.11. The molecule has 0 saturated carbocycles. The van der Waals surface area contributed by atoms with Gasteiger partial charge in [-0.15, -0.1) is 0 Å². The van der Waals surface area contributed by atoms with E-state index in [0.29, 0.717) is 59.7 Å². The van der Waals surface area contributed by atoms with E-state index in [0.717, 1.165) is 0 Å². The molecule has 0 radical (unpaired) electrons. The predicted molar refractivity (Wildman–Crippen MR) is 127 cm³/mol. The number of likely N-dealkylation sites (tertiary alicyclic amines) is 1. The summed E-state index contributed by atoms with van der Waals surface area (Å²) in [6.45, 7) is 2.19. The maximum absolute atomic E-state index is 13.5. The van der Waals surface area contributed by atoms with Gasteiger partial charge in [-0.2, -0.15) is 13.2 Å². The monoisotopic (exact) mass is 536 g/mol. The highest BCUT2D eigenvalue weighted by Crippen LogP contribution is 2.28. The Morgan fingerprint density at radius 3 is 2.74 bits per heavy atom. The van der Waals surface area contributed by atoms with Gasteiger partial charge in [0.1, 0.15) is 24.3 Å². The average Bonchev–Trinajstić information content (AvgIpc) is 3.40. The average molecular weight is 536 g/mol. The van der Waals surface area contributed by atoms with Crippen LogP contribution in [0.4, 0.5) is 17.6 Å². The minimum atomic E-state index is -5.15. The number of para-hydroxylation sites is 1. The van der Waals surface area contributed by atoms with Crippen LogP contribution in [0.1, 0.15) is 24.8 Å². The largest absolute Gasteiger partial charge is 0.490 e. The maximum atomic E-state index is 13.5. The molecular formula is C25H24F4N4O5. The lowest BCUT2D eigenvalue weighted by Crippen LogP contribution is -2.44. The Bertz CT molecular complexity index is 1520. The smallest absolute Gasteiger partial charge is 0.487 e. The maximum Gasteiger partial charge on any atom is 0.490 e. The number of carbonyl (C=O) groups is 1. The van der Waals surface area contributed by atoms with E-state index >= 15 is 0 Å². The topological polar surface area (TPSA) is 103 Å². The van der Waals surface area contributed by atoms with E-state index in [9.17, 15) is 27.2 Å². The Morgan fingerprint density at radius 1 is 1.24 bits per heavy atom. The normalized spacial score (nSPS) is 16.2. The molecule has 0 aliphatic carbocycles. The number of esters is 1. The summed E-state index contributed by atoms with van der Waals surface area (Å²) < 4.78 is 69.9. The van der Waals surface area contributed by atoms with Crippen molar-refractivity contribution in [2.45, 2.75) is 38.1 Å². The van der Waals surface area contributed by atoms with Gasteiger partial charge < -0.3 is 18.9 Å². The van der Waals surface area contributed by atoms with Gasteiger partial charge in [-0.05, 0) is 43.2 Å². The van der Waals surface area contributed by atoms with Crippen LogP contribution in [0, 0.1) is 12.7 Å². The molecule has 1 saturated heterocycles. The molecule has 2 aromatic heterocycles. The molecule has 2 aromatic carbocycles. The van der Waals surface area contributed by atoms with E-state index in [-0.39, 0.29) is 24.9 Å². The highest BCUT2D eigenvalue weighted by Gasteiger charge is 2.42. The Labute approximate surface area is 212 Å². The molecule has 13 heteroatoms. The number of oxazole rings is 1. The number of piperidine rings is 1. The molecule has 0 amide bonds. The summed E-state index contributed by atoms with van der Waals surface area (Å²) in [6, 6.07) is 8.83. The van der Waals surface area contributed by atoms with Gasteiger partial charge in [-0.1, -0.05) is 6.07 Å². The molecule has 1 aliphatic rings. The minimum absolute atomic E-state index is 0.00362. The number of H-pyrrole nitrogens is 1. The van der Waals surface area contributed by atoms with E-state index in [4.69, 9.17) is 13.9 Å². The zero-order chi connectivity index (χ0) is 27.0. The fourth-order valence-corrected chi connectivity index (χ4v) is 4.79. The van der Waals surface area contributed by atoms with E-state index in [1.165, 1.54) is 18.2 Å². The van der Waals surface area contributed by atoms with Crippen LogP contribution < -0.4 is 10.4 Å². The molecule has 1 aliphatic heterocycles. The van der Waals surface area contributed by atoms with Crippen LogP contribution >= 0.6 is 0 Å². The Balaban J connectivity index is 1.27. The van der Waals surface area contributed by atoms with E-state index in [1.54, 1.807) is 29.7 Å². The standard InChI is InChI=1S/C25H24F4N4O5/c1-14-30-22-20(3-2-4-21(22)37-14)36-13-17(38-23(34)25(27,28)29)12-32-9-7-16(8-10-32)33-19-6-5-15(26)11-18(19)31-24(33)35/h2-6,11,16-17H,7-10,12-13H2,1H3,(H,31,35)/t17-/m0/s1. The lowest BCUT2D eigenvalue weighted by Gasteiger charge is -2.34. The molecule has 0 bridgehead atoms. The first kappa shape index (κ1) is 25.8. The number of aromatic nitrogens is 3. The minimum Gasteiger partial charge on any atom is -0.487 e. The second-order valence-corrected chi connectivity index (χ2v) is 9.17. The number of carbonyl (C=O) groups excluding carboxylic acids is 1. The van der Waals surface area contributed by atoms with Crippen LogP contribution in [-0.2, 0) is 9.53 Å². The van der Waals surface area contributed by atoms with Gasteiger partial charge in [0.05, 0.1) is 11.0 Å². The van der Waals surface area contributed by atoms with Gasteiger partial charge in [-0.25, -0.2) is 19.0 Å². The molecule has 202 valence electrons. The summed E-state index contributed by atoms with van der Waals surface area (Å²) >= 11 is 0. The fraction of sp³-hybridized carbons (Fsp3) is 0.400. The van der Waals surface area contributed by atoms with Crippen molar-refractivity contribution in [1.29, 1.82) is 0 Å². The van der Waals surface area contributed by atoms with Gasteiger partial charge in [0.25, 0.3) is 0 Å². The number of fused-ring (bicyclic) bond motifs is 2. The molecule has 1 atom stereocenters. The molecule has 0 unspecified atom stereocenters. The first-order valence-corrected chi connectivity index (χ1v) is 12.0. The van der Waals surface area contributed by atoms with Crippen molar-refractivity contribution in [2.75, 3.05) is 26.2 Å². The SMILES string of the molecule is Cc1nc2c(OC[C@H](CN3CCC(n4c(=O)[nH]c5cc(F)ccc54)CC3)OC(=O)C(F)(F)F)cccc2o1. The van der Waals surface area contributed by atoms with Crippen LogP contribution in [0.15, 0.2) is 45.6 Å². The van der Waals surface area contributed by atoms with Gasteiger partial charge in [0.15, 0.2) is 17.0 Å². The summed E-state index contributed by atoms with van der Waals surface area (Å²) in [7, 11) is 0. The first-order chi connectivity index (χ1) is 18.1. The first-order valence-electron chi connectivity index (χ1n) is 12.0. The van der Waals surface area contributed by atoms with Crippen molar-refractivity contribution < 1.29 is 36.2 Å². The van der Waals surface area contributed by atoms with Crippen molar-refractivity contribution in [1.82, 2.24) is 19.4 Å². The van der Waals surface area contributed by atoms with E-state index in [1.807, 2.05) is 4.90 Å². The summed E-state index contributed by atoms with van der Waals surface area (Å²) in [5.74, 6) is -2.06. The van der Waals surface area contributed by atoms with Crippen molar-refractivity contribution in [2.24, 2.45) is 0 Å². The number of alkyl halides is 3. The molecule has 0 spiro atoms. The van der Waals surface area contributed by atoms with E-state index in [2.05, 4.69) is 9.97 Å². The molecule has 4 aromatic rings. The van der Waals surface area contributed by atoms with Crippen LogP contribution in [0.2, 0.25) is 0 Å². The van der Waals surface area contributed by atoms with Crippen molar-refractivity contribution in [3.63, 3.8) is 0 Å². The molecule has 3 heterocycles. The number of benzene rings is 2. The van der Waals surface area contributed by atoms with Crippen LogP contribution in [0.5, 0.6) is 5.75 Å². The number of ether oxygens (including phenoxy) is 2. The zero-order valence-electron chi connectivity index (χ0n) is 20.3. The number of rotatable bonds is 7. The van der Waals surface area contributed by atoms with Crippen LogP contribution in [0.25, 0.3) is 22.1 Å². The number of nitrogens with one attached hydrogen (secondary N) is 1. The highest BCUT2D eigenvalue weighted by atomic mass is 19.4. The van der Waals surface area contributed by atoms with Crippen molar-refractivity contribution in [3.8, 4) is 5.75 Å². The highest BCUT2D eigenvalue weighted by molar-refractivity contribution is 5.79. The van der Waals surface area contributed by atoms with Crippen LogP contribution in [0.3, 0.4) is 0 Å². The van der Waals surface area contributed by atoms with Crippen molar-refractivity contribution >= 4 is 28.1 Å². The van der Waals surface area contributed by atoms with Crippen LogP contribution in [-0.4, -0.2) is 63.9 Å². The zero-order valence-corrected chi connectivity index (χ0v) is 20.3. The molecule has 38 heavy (non-hydrogen) atoms. The number of nitrogens with zero attached hydrogens (tertiary/aromatic N) is 3. The Morgan fingerprint density at radius 2 is 2.00 bits per heavy atom. The molecule has 5 rings (SSSR count). The molecular weight excluding hydrogens is 512 g/mol. The number of aryl methyl sites for hydroxylation is 1. The number of aromatic amines is 1. The summed E-state index contributed by atoms with van der Waals surface area (Å²) in [5, 5.41) is 0. The quantitative estimate of drug-likeness (QED) is 0.280. The molecule has 9 nitrogen and oxygen atoms in total. The van der Waals surface area contributed by atoms with Gasteiger partial charge in [-0.3, -0.25) is 9.47 Å². The van der Waals surface area contributed by atoms with Gasteiger partial charge in [0, 0.05) is 32.6 Å². The number of imidazole rings is 1. The Hall–Kier alpha value is -3.87. The lowest BCUT2D eigenvalue weighted by molar-refractivity contribution is -0.206. The Kier molecular flexibility index (Phi) is 6.86. The van der Waals surface area contributed by atoms with Gasteiger partial charge >= 0.3 is 17.8 Å². The molecule has 1 N–H and O–H groups in total.